The van der Waals surface area contributed by atoms with Gasteiger partial charge >= 0.3 is 0 Å². The van der Waals surface area contributed by atoms with Crippen molar-refractivity contribution in [3.8, 4) is 0 Å². The highest BCUT2D eigenvalue weighted by molar-refractivity contribution is 7.10. The molecule has 0 aromatic carbocycles. The predicted molar refractivity (Wildman–Crippen MR) is 85.0 cm³/mol. The SMILES string of the molecule is Nc1nsc(N2CCN(c3ncccn3)CC2)c1C1CC1. The van der Waals surface area contributed by atoms with Crippen LogP contribution in [0.15, 0.2) is 18.5 Å². The quantitative estimate of drug-likeness (QED) is 0.931. The van der Waals surface area contributed by atoms with E-state index in [1.165, 1.54) is 23.4 Å². The summed E-state index contributed by atoms with van der Waals surface area (Å²) in [5.41, 5.74) is 7.35. The first kappa shape index (κ1) is 12.8. The molecule has 21 heavy (non-hydrogen) atoms. The number of nitrogen functional groups attached to an aromatic ring is 1. The lowest BCUT2D eigenvalue weighted by molar-refractivity contribution is 0.641. The Morgan fingerprint density at radius 2 is 1.71 bits per heavy atom. The number of piperazine rings is 1. The number of anilines is 3. The smallest absolute Gasteiger partial charge is 0.225 e. The van der Waals surface area contributed by atoms with Gasteiger partial charge in [-0.3, -0.25) is 0 Å². The van der Waals surface area contributed by atoms with Crippen LogP contribution >= 0.6 is 11.5 Å². The molecule has 2 N–H and O–H groups in total. The summed E-state index contributed by atoms with van der Waals surface area (Å²) in [7, 11) is 0. The topological polar surface area (TPSA) is 71.2 Å². The maximum absolute atomic E-state index is 6.05. The Morgan fingerprint density at radius 3 is 2.38 bits per heavy atom. The predicted octanol–water partition coefficient (Wildman–Crippen LogP) is 1.72. The van der Waals surface area contributed by atoms with Crippen molar-refractivity contribution in [2.24, 2.45) is 0 Å². The summed E-state index contributed by atoms with van der Waals surface area (Å²) >= 11 is 1.55. The summed E-state index contributed by atoms with van der Waals surface area (Å²) in [5.74, 6) is 2.21. The van der Waals surface area contributed by atoms with Gasteiger partial charge in [-0.05, 0) is 36.4 Å². The number of aromatic nitrogens is 3. The molecule has 1 aliphatic carbocycles. The van der Waals surface area contributed by atoms with Crippen LogP contribution in [0.3, 0.4) is 0 Å². The second-order valence-electron chi connectivity index (χ2n) is 5.58. The molecule has 2 aliphatic rings. The monoisotopic (exact) mass is 302 g/mol. The normalized spacial score (nSPS) is 19.0. The van der Waals surface area contributed by atoms with Crippen LogP contribution in [0, 0.1) is 0 Å². The lowest BCUT2D eigenvalue weighted by Gasteiger charge is -2.35. The van der Waals surface area contributed by atoms with E-state index in [9.17, 15) is 0 Å². The summed E-state index contributed by atoms with van der Waals surface area (Å²) in [5, 5.41) is 1.28. The van der Waals surface area contributed by atoms with Gasteiger partial charge in [-0.15, -0.1) is 0 Å². The molecule has 1 saturated carbocycles. The second-order valence-corrected chi connectivity index (χ2v) is 6.34. The number of nitrogens with two attached hydrogens (primary N) is 1. The summed E-state index contributed by atoms with van der Waals surface area (Å²) in [6, 6.07) is 1.85. The molecule has 0 spiro atoms. The lowest BCUT2D eigenvalue weighted by atomic mass is 10.2. The van der Waals surface area contributed by atoms with Gasteiger partial charge in [-0.25, -0.2) is 9.97 Å². The zero-order chi connectivity index (χ0) is 14.2. The van der Waals surface area contributed by atoms with E-state index in [-0.39, 0.29) is 0 Å². The summed E-state index contributed by atoms with van der Waals surface area (Å²) in [6.45, 7) is 3.82. The van der Waals surface area contributed by atoms with Gasteiger partial charge in [0.2, 0.25) is 5.95 Å². The van der Waals surface area contributed by atoms with E-state index in [1.54, 1.807) is 23.9 Å². The van der Waals surface area contributed by atoms with E-state index in [1.807, 2.05) is 6.07 Å². The third kappa shape index (κ3) is 2.42. The molecule has 2 aromatic heterocycles. The van der Waals surface area contributed by atoms with Crippen LogP contribution in [-0.4, -0.2) is 40.5 Å². The maximum atomic E-state index is 6.05. The van der Waals surface area contributed by atoms with Crippen molar-refractivity contribution >= 4 is 28.3 Å². The summed E-state index contributed by atoms with van der Waals surface area (Å²) in [4.78, 5) is 13.3. The van der Waals surface area contributed by atoms with Crippen LogP contribution in [0.25, 0.3) is 0 Å². The Balaban J connectivity index is 1.48. The number of rotatable bonds is 3. The van der Waals surface area contributed by atoms with Crippen LogP contribution in [0.5, 0.6) is 0 Å². The molecule has 0 bridgehead atoms. The average molecular weight is 302 g/mol. The molecule has 2 aromatic rings. The number of hydrogen-bond acceptors (Lipinski definition) is 7. The molecule has 2 fully saturated rings. The first-order valence-electron chi connectivity index (χ1n) is 7.35. The fraction of sp³-hybridized carbons (Fsp3) is 0.500. The van der Waals surface area contributed by atoms with Gasteiger partial charge in [0.1, 0.15) is 10.8 Å². The van der Waals surface area contributed by atoms with Gasteiger partial charge < -0.3 is 15.5 Å². The average Bonchev–Trinajstić information content (AvgIpc) is 3.31. The van der Waals surface area contributed by atoms with Crippen LogP contribution in [-0.2, 0) is 0 Å². The van der Waals surface area contributed by atoms with E-state index >= 15 is 0 Å². The third-order valence-corrected chi connectivity index (χ3v) is 5.06. The summed E-state index contributed by atoms with van der Waals surface area (Å²) in [6.07, 6.45) is 6.11. The molecule has 4 rings (SSSR count). The third-order valence-electron chi connectivity index (χ3n) is 4.12. The Labute approximate surface area is 127 Å². The van der Waals surface area contributed by atoms with Gasteiger partial charge in [0.05, 0.1) is 0 Å². The van der Waals surface area contributed by atoms with E-state index in [4.69, 9.17) is 5.73 Å². The van der Waals surface area contributed by atoms with Crippen molar-refractivity contribution in [1.82, 2.24) is 14.3 Å². The highest BCUT2D eigenvalue weighted by Gasteiger charge is 2.33. The molecule has 7 heteroatoms. The lowest BCUT2D eigenvalue weighted by Crippen LogP contribution is -2.47. The highest BCUT2D eigenvalue weighted by atomic mass is 32.1. The standard InChI is InChI=1S/C14H18N6S/c15-12-11(10-2-3-10)13(21-18-12)19-6-8-20(9-7-19)14-16-4-1-5-17-14/h1,4-5,10H,2-3,6-9H2,(H2,15,18). The molecular weight excluding hydrogens is 284 g/mol. The van der Waals surface area contributed by atoms with Crippen molar-refractivity contribution in [2.75, 3.05) is 41.7 Å². The molecule has 0 radical (unpaired) electrons. The van der Waals surface area contributed by atoms with Gasteiger partial charge in [0, 0.05) is 44.1 Å². The molecule has 6 nitrogen and oxygen atoms in total. The Morgan fingerprint density at radius 1 is 1.05 bits per heavy atom. The van der Waals surface area contributed by atoms with E-state index < -0.39 is 0 Å². The molecule has 1 saturated heterocycles. The van der Waals surface area contributed by atoms with Crippen LogP contribution in [0.4, 0.5) is 16.8 Å². The van der Waals surface area contributed by atoms with Crippen LogP contribution in [0.1, 0.15) is 24.3 Å². The molecule has 3 heterocycles. The second kappa shape index (κ2) is 5.14. The minimum atomic E-state index is 0.647. The Kier molecular flexibility index (Phi) is 3.14. The number of nitrogens with zero attached hydrogens (tertiary/aromatic N) is 5. The molecule has 0 amide bonds. The van der Waals surface area contributed by atoms with Gasteiger partial charge in [-0.1, -0.05) is 0 Å². The van der Waals surface area contributed by atoms with Gasteiger partial charge in [-0.2, -0.15) is 4.37 Å². The maximum Gasteiger partial charge on any atom is 0.225 e. The van der Waals surface area contributed by atoms with Crippen molar-refractivity contribution in [2.45, 2.75) is 18.8 Å². The van der Waals surface area contributed by atoms with E-state index in [0.29, 0.717) is 5.92 Å². The zero-order valence-electron chi connectivity index (χ0n) is 11.8. The Bertz CT molecular complexity index is 616. The summed E-state index contributed by atoms with van der Waals surface area (Å²) < 4.78 is 4.37. The zero-order valence-corrected chi connectivity index (χ0v) is 12.6. The van der Waals surface area contributed by atoms with Gasteiger partial charge in [0.25, 0.3) is 0 Å². The highest BCUT2D eigenvalue weighted by Crippen LogP contribution is 2.48. The van der Waals surface area contributed by atoms with E-state index in [0.717, 1.165) is 37.9 Å². The minimum absolute atomic E-state index is 0.647. The minimum Gasteiger partial charge on any atom is -0.383 e. The fourth-order valence-electron chi connectivity index (χ4n) is 2.85. The molecule has 0 unspecified atom stereocenters. The molecule has 110 valence electrons. The molecule has 1 aliphatic heterocycles. The first-order chi connectivity index (χ1) is 10.3. The molecule has 0 atom stereocenters. The first-order valence-corrected chi connectivity index (χ1v) is 8.12. The van der Waals surface area contributed by atoms with Crippen molar-refractivity contribution in [3.63, 3.8) is 0 Å². The van der Waals surface area contributed by atoms with Crippen molar-refractivity contribution < 1.29 is 0 Å². The Hall–Kier alpha value is -1.89. The van der Waals surface area contributed by atoms with Crippen LogP contribution in [0.2, 0.25) is 0 Å². The number of hydrogen-bond donors (Lipinski definition) is 1. The fourth-order valence-corrected chi connectivity index (χ4v) is 3.80. The van der Waals surface area contributed by atoms with Crippen molar-refractivity contribution in [1.29, 1.82) is 0 Å². The van der Waals surface area contributed by atoms with Crippen molar-refractivity contribution in [3.05, 3.63) is 24.0 Å². The van der Waals surface area contributed by atoms with E-state index in [2.05, 4.69) is 24.1 Å². The van der Waals surface area contributed by atoms with Gasteiger partial charge in [0.15, 0.2) is 0 Å². The molecular formula is C14H18N6S. The largest absolute Gasteiger partial charge is 0.383 e. The van der Waals surface area contributed by atoms with Crippen LogP contribution < -0.4 is 15.5 Å².